The maximum absolute atomic E-state index is 12.6. The first-order valence-corrected chi connectivity index (χ1v) is 18.4. The van der Waals surface area contributed by atoms with E-state index < -0.39 is 18.2 Å². The highest BCUT2D eigenvalue weighted by atomic mass is 35.5. The molecule has 0 spiro atoms. The summed E-state index contributed by atoms with van der Waals surface area (Å²) in [6, 6.07) is 21.5. The van der Waals surface area contributed by atoms with Gasteiger partial charge in [0.1, 0.15) is 23.0 Å². The highest BCUT2D eigenvalue weighted by Crippen LogP contribution is 2.55. The van der Waals surface area contributed by atoms with Gasteiger partial charge >= 0.3 is 12.1 Å². The Balaban J connectivity index is 0.000000182. The molecule has 4 bridgehead atoms. The van der Waals surface area contributed by atoms with Crippen LogP contribution in [0.2, 0.25) is 10.0 Å². The number of rotatable bonds is 8. The lowest BCUT2D eigenvalue weighted by Crippen LogP contribution is -2.60. The van der Waals surface area contributed by atoms with E-state index in [1.165, 1.54) is 44.4 Å². The molecule has 4 aromatic rings. The highest BCUT2D eigenvalue weighted by Gasteiger charge is 2.51. The third-order valence-electron chi connectivity index (χ3n) is 10.1. The van der Waals surface area contributed by atoms with Crippen molar-refractivity contribution in [3.8, 4) is 23.0 Å². The SMILES string of the molecule is CC(O)c1cc(NC(=O)NC23CC4CC(CC(C4)C2)C3)cc(Cl)c1O.CC(O)c1cc(NC(=O)Nc2ccc(Oc3ccccc3)cc2)cc(Cl)c1O. The van der Waals surface area contributed by atoms with E-state index in [4.69, 9.17) is 27.9 Å². The molecule has 4 aliphatic rings. The zero-order valence-corrected chi connectivity index (χ0v) is 30.9. The monoisotopic (exact) mass is 762 g/mol. The summed E-state index contributed by atoms with van der Waals surface area (Å²) in [4.78, 5) is 24.8. The van der Waals surface area contributed by atoms with Crippen molar-refractivity contribution in [3.05, 3.63) is 100 Å². The van der Waals surface area contributed by atoms with Crippen molar-refractivity contribution in [1.29, 1.82) is 0 Å². The summed E-state index contributed by atoms with van der Waals surface area (Å²) in [6.07, 6.45) is 5.44. The van der Waals surface area contributed by atoms with Crippen molar-refractivity contribution in [2.75, 3.05) is 16.0 Å². The second kappa shape index (κ2) is 16.1. The summed E-state index contributed by atoms with van der Waals surface area (Å²) in [7, 11) is 0. The molecule has 4 saturated carbocycles. The van der Waals surface area contributed by atoms with Gasteiger partial charge in [-0.05, 0) is 131 Å². The Hall–Kier alpha value is -4.68. The van der Waals surface area contributed by atoms with Gasteiger partial charge in [-0.25, -0.2) is 9.59 Å². The molecule has 0 radical (unpaired) electrons. The molecular formula is C40H44Cl2N4O7. The molecular weight excluding hydrogens is 719 g/mol. The number of aliphatic hydroxyl groups is 2. The number of urea groups is 2. The number of aromatic hydroxyl groups is 2. The lowest BCUT2D eigenvalue weighted by atomic mass is 9.53. The van der Waals surface area contributed by atoms with Gasteiger partial charge in [0, 0.05) is 33.7 Å². The highest BCUT2D eigenvalue weighted by molar-refractivity contribution is 6.32. The quantitative estimate of drug-likeness (QED) is 0.0826. The Morgan fingerprint density at radius 2 is 1.09 bits per heavy atom. The van der Waals surface area contributed by atoms with Crippen molar-refractivity contribution in [2.45, 2.75) is 70.1 Å². The lowest BCUT2D eigenvalue weighted by molar-refractivity contribution is -0.0127. The van der Waals surface area contributed by atoms with Gasteiger partial charge in [0.05, 0.1) is 22.3 Å². The largest absolute Gasteiger partial charge is 0.506 e. The smallest absolute Gasteiger partial charge is 0.323 e. The fourth-order valence-corrected chi connectivity index (χ4v) is 8.67. The number of nitrogens with one attached hydrogen (secondary N) is 4. The van der Waals surface area contributed by atoms with Crippen LogP contribution < -0.4 is 26.0 Å². The Labute approximate surface area is 318 Å². The molecule has 0 heterocycles. The fraction of sp³-hybridized carbons (Fsp3) is 0.350. The molecule has 11 nitrogen and oxygen atoms in total. The number of benzene rings is 4. The van der Waals surface area contributed by atoms with Crippen LogP contribution in [0.1, 0.15) is 75.7 Å². The zero-order valence-electron chi connectivity index (χ0n) is 29.4. The third-order valence-corrected chi connectivity index (χ3v) is 10.7. The fourth-order valence-electron chi connectivity index (χ4n) is 8.21. The van der Waals surface area contributed by atoms with E-state index in [2.05, 4.69) is 21.3 Å². The summed E-state index contributed by atoms with van der Waals surface area (Å²) < 4.78 is 5.70. The van der Waals surface area contributed by atoms with E-state index in [-0.39, 0.29) is 38.7 Å². The molecule has 2 atom stereocenters. The molecule has 53 heavy (non-hydrogen) atoms. The summed E-state index contributed by atoms with van der Waals surface area (Å²) >= 11 is 12.0. The summed E-state index contributed by atoms with van der Waals surface area (Å²) in [5, 5.41) is 50.8. The standard InChI is InChI=1S/C21H19ClN2O4.C19H25ClN2O3/c1-13(25)18-11-15(12-19(22)20(18)26)24-21(27)23-14-7-9-17(10-8-14)28-16-5-3-2-4-6-16;1-10(23)15-5-14(6-16(20)17(15)24)21-18(25)22-19-7-11-2-12(8-19)4-13(3-11)9-19/h2-13,25-26H,1H3,(H2,23,24,27);5-6,10-13,23-24H,2-4,7-9H2,1H3,(H2,21,22,25). The number of para-hydroxylation sites is 1. The minimum Gasteiger partial charge on any atom is -0.506 e. The van der Waals surface area contributed by atoms with Crippen LogP contribution in [0.4, 0.5) is 26.7 Å². The Morgan fingerprint density at radius 3 is 1.57 bits per heavy atom. The number of phenolic OH excluding ortho intramolecular Hbond substituents is 2. The Morgan fingerprint density at radius 1 is 0.660 bits per heavy atom. The van der Waals surface area contributed by atoms with Crippen molar-refractivity contribution < 1.29 is 34.8 Å². The normalized spacial score (nSPS) is 22.1. The number of ether oxygens (including phenoxy) is 1. The number of carbonyl (C=O) groups excluding carboxylic acids is 2. The van der Waals surface area contributed by atoms with Crippen LogP contribution >= 0.6 is 23.2 Å². The number of carbonyl (C=O) groups is 2. The van der Waals surface area contributed by atoms with E-state index in [1.807, 2.05) is 30.3 Å². The zero-order chi connectivity index (χ0) is 37.9. The van der Waals surface area contributed by atoms with E-state index >= 15 is 0 Å². The maximum Gasteiger partial charge on any atom is 0.323 e. The Kier molecular flexibility index (Phi) is 11.6. The van der Waals surface area contributed by atoms with Crippen LogP contribution in [0.3, 0.4) is 0 Å². The minimum absolute atomic E-state index is 0.0381. The molecule has 0 saturated heterocycles. The van der Waals surface area contributed by atoms with Crippen molar-refractivity contribution in [1.82, 2.24) is 5.32 Å². The average Bonchev–Trinajstić information content (AvgIpc) is 3.08. The van der Waals surface area contributed by atoms with Crippen LogP contribution in [-0.2, 0) is 0 Å². The van der Waals surface area contributed by atoms with Gasteiger partial charge in [-0.3, -0.25) is 0 Å². The second-order valence-corrected chi connectivity index (χ2v) is 15.3. The van der Waals surface area contributed by atoms with E-state index in [0.717, 1.165) is 42.8 Å². The number of anilines is 3. The Bertz CT molecular complexity index is 1900. The van der Waals surface area contributed by atoms with E-state index in [1.54, 1.807) is 37.3 Å². The van der Waals surface area contributed by atoms with Gasteiger partial charge in [-0.2, -0.15) is 0 Å². The number of hydrogen-bond donors (Lipinski definition) is 8. The van der Waals surface area contributed by atoms with Crippen molar-refractivity contribution >= 4 is 52.3 Å². The number of aliphatic hydroxyl groups excluding tert-OH is 2. The summed E-state index contributed by atoms with van der Waals surface area (Å²) in [5.74, 6) is 3.29. The molecule has 0 aromatic heterocycles. The number of phenols is 2. The minimum atomic E-state index is -0.931. The van der Waals surface area contributed by atoms with Crippen LogP contribution in [0, 0.1) is 17.8 Å². The molecule has 4 aromatic carbocycles. The van der Waals surface area contributed by atoms with Crippen LogP contribution in [0.15, 0.2) is 78.9 Å². The van der Waals surface area contributed by atoms with Gasteiger partial charge in [0.15, 0.2) is 0 Å². The summed E-state index contributed by atoms with van der Waals surface area (Å²) in [5.41, 5.74) is 1.86. The van der Waals surface area contributed by atoms with E-state index in [9.17, 15) is 30.0 Å². The first kappa shape index (κ1) is 38.1. The first-order chi connectivity index (χ1) is 25.3. The van der Waals surface area contributed by atoms with E-state index in [0.29, 0.717) is 28.4 Å². The molecule has 13 heteroatoms. The molecule has 8 rings (SSSR count). The average molecular weight is 764 g/mol. The van der Waals surface area contributed by atoms with Gasteiger partial charge in [-0.1, -0.05) is 41.4 Å². The van der Waals surface area contributed by atoms with Crippen LogP contribution in [0.5, 0.6) is 23.0 Å². The molecule has 4 amide bonds. The van der Waals surface area contributed by atoms with Crippen molar-refractivity contribution in [2.24, 2.45) is 17.8 Å². The lowest BCUT2D eigenvalue weighted by Gasteiger charge is -2.56. The number of halogens is 2. The molecule has 280 valence electrons. The molecule has 4 aliphatic carbocycles. The molecule has 0 aliphatic heterocycles. The molecule has 8 N–H and O–H groups in total. The van der Waals surface area contributed by atoms with Crippen LogP contribution in [-0.4, -0.2) is 38.0 Å². The maximum atomic E-state index is 12.6. The van der Waals surface area contributed by atoms with Crippen LogP contribution in [0.25, 0.3) is 0 Å². The first-order valence-electron chi connectivity index (χ1n) is 17.7. The summed E-state index contributed by atoms with van der Waals surface area (Å²) in [6.45, 7) is 3.04. The predicted octanol–water partition coefficient (Wildman–Crippen LogP) is 9.72. The molecule has 2 unspecified atom stereocenters. The van der Waals surface area contributed by atoms with Crippen molar-refractivity contribution in [3.63, 3.8) is 0 Å². The predicted molar refractivity (Wildman–Crippen MR) is 206 cm³/mol. The second-order valence-electron chi connectivity index (χ2n) is 14.4. The van der Waals surface area contributed by atoms with Gasteiger partial charge in [0.25, 0.3) is 0 Å². The third kappa shape index (κ3) is 9.47. The van der Waals surface area contributed by atoms with Gasteiger partial charge < -0.3 is 46.4 Å². The van der Waals surface area contributed by atoms with Gasteiger partial charge in [0.2, 0.25) is 0 Å². The number of hydrogen-bond acceptors (Lipinski definition) is 7. The van der Waals surface area contributed by atoms with Gasteiger partial charge in [-0.15, -0.1) is 0 Å². The number of amides is 4. The molecule has 4 fully saturated rings. The topological polar surface area (TPSA) is 172 Å².